The molecule has 23 heavy (non-hydrogen) atoms. The van der Waals surface area contributed by atoms with Crippen LogP contribution in [0.5, 0.6) is 0 Å². The monoisotopic (exact) mass is 319 g/mol. The Morgan fingerprint density at radius 2 is 2.22 bits per heavy atom. The molecule has 5 heteroatoms. The minimum absolute atomic E-state index is 0.0313. The molecule has 2 saturated heterocycles. The van der Waals surface area contributed by atoms with Gasteiger partial charge in [-0.2, -0.15) is 0 Å². The Hall–Kier alpha value is -1.43. The highest BCUT2D eigenvalue weighted by molar-refractivity contribution is 5.96. The van der Waals surface area contributed by atoms with Crippen LogP contribution in [0.15, 0.2) is 24.3 Å². The standard InChI is InChI=1S/C18H25NO4/c1-3-21-11-15-10-18(13-23-15)12-22-9-8-19(18)17(20)16-7-5-4-6-14(16)2/h4-7,15H,3,8-13H2,1-2H3. The van der Waals surface area contributed by atoms with E-state index in [9.17, 15) is 4.79 Å². The van der Waals surface area contributed by atoms with Gasteiger partial charge in [-0.05, 0) is 25.5 Å². The van der Waals surface area contributed by atoms with Crippen LogP contribution in [0.1, 0.15) is 29.3 Å². The molecule has 126 valence electrons. The predicted molar refractivity (Wildman–Crippen MR) is 86.6 cm³/mol. The van der Waals surface area contributed by atoms with Gasteiger partial charge in [-0.15, -0.1) is 0 Å². The van der Waals surface area contributed by atoms with Gasteiger partial charge in [-0.25, -0.2) is 0 Å². The highest BCUT2D eigenvalue weighted by Gasteiger charge is 2.49. The van der Waals surface area contributed by atoms with E-state index in [-0.39, 0.29) is 17.6 Å². The van der Waals surface area contributed by atoms with Gasteiger partial charge in [0, 0.05) is 25.1 Å². The summed E-state index contributed by atoms with van der Waals surface area (Å²) in [5, 5.41) is 0. The number of nitrogens with zero attached hydrogens (tertiary/aromatic N) is 1. The van der Waals surface area contributed by atoms with Crippen LogP contribution in [-0.4, -0.2) is 62.0 Å². The minimum atomic E-state index is -0.362. The molecule has 3 rings (SSSR count). The molecule has 2 atom stereocenters. The van der Waals surface area contributed by atoms with Crippen molar-refractivity contribution < 1.29 is 19.0 Å². The van der Waals surface area contributed by atoms with Crippen molar-refractivity contribution in [2.75, 3.05) is 39.6 Å². The third-order valence-electron chi connectivity index (χ3n) is 4.73. The van der Waals surface area contributed by atoms with Gasteiger partial charge in [-0.1, -0.05) is 18.2 Å². The van der Waals surface area contributed by atoms with Crippen molar-refractivity contribution in [3.05, 3.63) is 35.4 Å². The number of rotatable bonds is 4. The van der Waals surface area contributed by atoms with E-state index in [2.05, 4.69) is 0 Å². The molecule has 1 aromatic rings. The lowest BCUT2D eigenvalue weighted by molar-refractivity contribution is -0.0559. The van der Waals surface area contributed by atoms with Gasteiger partial charge in [0.05, 0.1) is 38.1 Å². The second-order valence-corrected chi connectivity index (χ2v) is 6.35. The highest BCUT2D eigenvalue weighted by Crippen LogP contribution is 2.34. The van der Waals surface area contributed by atoms with Crippen molar-refractivity contribution >= 4 is 5.91 Å². The van der Waals surface area contributed by atoms with E-state index in [4.69, 9.17) is 14.2 Å². The zero-order valence-corrected chi connectivity index (χ0v) is 13.9. The summed E-state index contributed by atoms with van der Waals surface area (Å²) >= 11 is 0. The molecule has 1 amide bonds. The summed E-state index contributed by atoms with van der Waals surface area (Å²) in [6, 6.07) is 7.74. The highest BCUT2D eigenvalue weighted by atomic mass is 16.5. The first-order chi connectivity index (χ1) is 11.2. The Morgan fingerprint density at radius 3 is 3.00 bits per heavy atom. The van der Waals surface area contributed by atoms with Gasteiger partial charge >= 0.3 is 0 Å². The average molecular weight is 319 g/mol. The fourth-order valence-corrected chi connectivity index (χ4v) is 3.47. The molecular weight excluding hydrogens is 294 g/mol. The number of carbonyl (C=O) groups excluding carboxylic acids is 1. The molecule has 2 aliphatic rings. The van der Waals surface area contributed by atoms with Crippen LogP contribution in [-0.2, 0) is 14.2 Å². The number of amides is 1. The van der Waals surface area contributed by atoms with Crippen LogP contribution in [0.25, 0.3) is 0 Å². The van der Waals surface area contributed by atoms with Crippen molar-refractivity contribution in [3.8, 4) is 0 Å². The Bertz CT molecular complexity index is 562. The molecule has 5 nitrogen and oxygen atoms in total. The number of hydrogen-bond donors (Lipinski definition) is 0. The summed E-state index contributed by atoms with van der Waals surface area (Å²) in [4.78, 5) is 15.0. The molecule has 0 bridgehead atoms. The summed E-state index contributed by atoms with van der Waals surface area (Å²) in [6.45, 7) is 7.44. The third kappa shape index (κ3) is 3.27. The Morgan fingerprint density at radius 1 is 1.39 bits per heavy atom. The van der Waals surface area contributed by atoms with Gasteiger partial charge in [0.15, 0.2) is 0 Å². The molecular formula is C18H25NO4. The van der Waals surface area contributed by atoms with Gasteiger partial charge in [0.1, 0.15) is 0 Å². The first-order valence-electron chi connectivity index (χ1n) is 8.31. The summed E-state index contributed by atoms with van der Waals surface area (Å²) in [7, 11) is 0. The number of aryl methyl sites for hydroxylation is 1. The van der Waals surface area contributed by atoms with E-state index in [0.717, 1.165) is 17.5 Å². The summed E-state index contributed by atoms with van der Waals surface area (Å²) in [6.07, 6.45) is 0.800. The number of ether oxygens (including phenoxy) is 3. The number of morpholine rings is 1. The largest absolute Gasteiger partial charge is 0.379 e. The van der Waals surface area contributed by atoms with Crippen LogP contribution in [0, 0.1) is 6.92 Å². The molecule has 0 aliphatic carbocycles. The first-order valence-corrected chi connectivity index (χ1v) is 8.31. The van der Waals surface area contributed by atoms with E-state index < -0.39 is 0 Å². The van der Waals surface area contributed by atoms with Crippen molar-refractivity contribution in [2.24, 2.45) is 0 Å². The second kappa shape index (κ2) is 6.99. The first kappa shape index (κ1) is 16.4. The average Bonchev–Trinajstić information content (AvgIpc) is 2.96. The van der Waals surface area contributed by atoms with Crippen LogP contribution < -0.4 is 0 Å². The van der Waals surface area contributed by atoms with Crippen LogP contribution in [0.2, 0.25) is 0 Å². The molecule has 1 aromatic carbocycles. The lowest BCUT2D eigenvalue weighted by atomic mass is 9.92. The summed E-state index contributed by atoms with van der Waals surface area (Å²) < 4.78 is 17.1. The third-order valence-corrected chi connectivity index (χ3v) is 4.73. The zero-order chi connectivity index (χ0) is 16.3. The van der Waals surface area contributed by atoms with Gasteiger partial charge in [0.25, 0.3) is 5.91 Å². The maximum atomic E-state index is 13.1. The second-order valence-electron chi connectivity index (χ2n) is 6.35. The van der Waals surface area contributed by atoms with Gasteiger partial charge < -0.3 is 19.1 Å². The normalized spacial score (nSPS) is 27.6. The smallest absolute Gasteiger partial charge is 0.254 e. The summed E-state index contributed by atoms with van der Waals surface area (Å²) in [5.74, 6) is 0.0760. The topological polar surface area (TPSA) is 48.0 Å². The molecule has 2 fully saturated rings. The lowest BCUT2D eigenvalue weighted by Gasteiger charge is -2.43. The lowest BCUT2D eigenvalue weighted by Crippen LogP contribution is -2.60. The minimum Gasteiger partial charge on any atom is -0.379 e. The number of hydrogen-bond acceptors (Lipinski definition) is 4. The maximum absolute atomic E-state index is 13.1. The molecule has 2 unspecified atom stereocenters. The Kier molecular flexibility index (Phi) is 4.99. The van der Waals surface area contributed by atoms with Crippen molar-refractivity contribution in [2.45, 2.75) is 31.9 Å². The number of carbonyl (C=O) groups is 1. The van der Waals surface area contributed by atoms with Crippen molar-refractivity contribution in [1.29, 1.82) is 0 Å². The molecule has 0 aromatic heterocycles. The zero-order valence-electron chi connectivity index (χ0n) is 13.9. The van der Waals surface area contributed by atoms with Crippen LogP contribution >= 0.6 is 0 Å². The number of benzene rings is 1. The van der Waals surface area contributed by atoms with Crippen molar-refractivity contribution in [3.63, 3.8) is 0 Å². The van der Waals surface area contributed by atoms with Gasteiger partial charge in [0.2, 0.25) is 0 Å². The SMILES string of the molecule is CCOCC1CC2(COCCN2C(=O)c2ccccc2C)CO1. The molecule has 2 aliphatic heterocycles. The van der Waals surface area contributed by atoms with Crippen LogP contribution in [0.4, 0.5) is 0 Å². The van der Waals surface area contributed by atoms with Crippen LogP contribution in [0.3, 0.4) is 0 Å². The van der Waals surface area contributed by atoms with E-state index >= 15 is 0 Å². The van der Waals surface area contributed by atoms with E-state index in [0.29, 0.717) is 39.6 Å². The molecule has 1 spiro atoms. The Labute approximate surface area is 137 Å². The predicted octanol–water partition coefficient (Wildman–Crippen LogP) is 2.03. The van der Waals surface area contributed by atoms with Crippen molar-refractivity contribution in [1.82, 2.24) is 4.90 Å². The van der Waals surface area contributed by atoms with E-state index in [1.807, 2.05) is 43.0 Å². The maximum Gasteiger partial charge on any atom is 0.254 e. The van der Waals surface area contributed by atoms with E-state index in [1.165, 1.54) is 0 Å². The molecule has 0 saturated carbocycles. The summed E-state index contributed by atoms with van der Waals surface area (Å²) in [5.41, 5.74) is 1.41. The van der Waals surface area contributed by atoms with E-state index in [1.54, 1.807) is 0 Å². The Balaban J connectivity index is 1.80. The molecule has 2 heterocycles. The van der Waals surface area contributed by atoms with Gasteiger partial charge in [-0.3, -0.25) is 4.79 Å². The fraction of sp³-hybridized carbons (Fsp3) is 0.611. The quantitative estimate of drug-likeness (QED) is 0.852. The molecule has 0 N–H and O–H groups in total. The fourth-order valence-electron chi connectivity index (χ4n) is 3.47. The molecule has 0 radical (unpaired) electrons.